The van der Waals surface area contributed by atoms with Crippen molar-refractivity contribution >= 4 is 11.6 Å². The predicted molar refractivity (Wildman–Crippen MR) is 148 cm³/mol. The molecule has 0 N–H and O–H groups in total. The van der Waals surface area contributed by atoms with E-state index < -0.39 is 5.82 Å². The van der Waals surface area contributed by atoms with Gasteiger partial charge in [0.1, 0.15) is 11.5 Å². The van der Waals surface area contributed by atoms with E-state index in [0.717, 1.165) is 29.8 Å². The van der Waals surface area contributed by atoms with Crippen LogP contribution >= 0.6 is 0 Å². The molecule has 0 saturated carbocycles. The number of likely N-dealkylation sites (N-methyl/N-ethyl adjacent to an activating group) is 1. The molecular weight excluding hydrogens is 499 g/mol. The summed E-state index contributed by atoms with van der Waals surface area (Å²) >= 11 is 0. The van der Waals surface area contributed by atoms with E-state index in [0.29, 0.717) is 47.1 Å². The Labute approximate surface area is 228 Å². The van der Waals surface area contributed by atoms with Crippen LogP contribution in [0.3, 0.4) is 0 Å². The SMILES string of the molecule is CCc1cc(CC)n2nc(-c3ccc(OC)c(F)c3)c(CC(=O)N(CC)Cc3cc(OC)ccc3OC)c2n1. The number of benzene rings is 2. The number of nitrogens with zero attached hydrogens (tertiary/aromatic N) is 4. The zero-order chi connectivity index (χ0) is 28.1. The molecule has 0 bridgehead atoms. The average Bonchev–Trinajstić information content (AvgIpc) is 3.32. The summed E-state index contributed by atoms with van der Waals surface area (Å²) in [5, 5.41) is 4.84. The van der Waals surface area contributed by atoms with Gasteiger partial charge in [-0.15, -0.1) is 0 Å². The Kier molecular flexibility index (Phi) is 8.69. The minimum atomic E-state index is -0.498. The van der Waals surface area contributed by atoms with Gasteiger partial charge in [0.2, 0.25) is 5.91 Å². The highest BCUT2D eigenvalue weighted by Gasteiger charge is 2.24. The van der Waals surface area contributed by atoms with E-state index in [-0.39, 0.29) is 18.1 Å². The van der Waals surface area contributed by atoms with Crippen molar-refractivity contribution in [3.63, 3.8) is 0 Å². The maximum absolute atomic E-state index is 14.7. The first-order valence-corrected chi connectivity index (χ1v) is 13.1. The Morgan fingerprint density at radius 2 is 1.69 bits per heavy atom. The van der Waals surface area contributed by atoms with Gasteiger partial charge in [0.05, 0.1) is 33.4 Å². The van der Waals surface area contributed by atoms with Crippen molar-refractivity contribution in [2.45, 2.75) is 46.6 Å². The summed E-state index contributed by atoms with van der Waals surface area (Å²) in [6.45, 7) is 6.85. The van der Waals surface area contributed by atoms with Crippen LogP contribution < -0.4 is 14.2 Å². The van der Waals surface area contributed by atoms with E-state index in [4.69, 9.17) is 24.3 Å². The number of rotatable bonds is 11. The number of carbonyl (C=O) groups excluding carboxylic acids is 1. The summed E-state index contributed by atoms with van der Waals surface area (Å²) in [4.78, 5) is 20.4. The molecule has 0 atom stereocenters. The standard InChI is InChI=1S/C30H35FN4O4/c1-7-21-16-22(8-2)35-30(32-21)24(29(33-35)19-10-12-27(39-6)25(31)15-19)17-28(36)34(9-3)18-20-14-23(37-4)11-13-26(20)38-5/h10-16H,7-9,17-18H2,1-6H3. The van der Waals surface area contributed by atoms with Crippen molar-refractivity contribution in [1.29, 1.82) is 0 Å². The normalized spacial score (nSPS) is 11.1. The van der Waals surface area contributed by atoms with E-state index in [2.05, 4.69) is 0 Å². The largest absolute Gasteiger partial charge is 0.497 e. The molecule has 0 unspecified atom stereocenters. The fourth-order valence-corrected chi connectivity index (χ4v) is 4.67. The number of carbonyl (C=O) groups is 1. The smallest absolute Gasteiger partial charge is 0.227 e. The maximum Gasteiger partial charge on any atom is 0.227 e. The number of amides is 1. The summed E-state index contributed by atoms with van der Waals surface area (Å²) < 4.78 is 32.5. The van der Waals surface area contributed by atoms with Gasteiger partial charge in [-0.05, 0) is 62.2 Å². The number of hydrogen-bond acceptors (Lipinski definition) is 6. The summed E-state index contributed by atoms with van der Waals surface area (Å²) in [6, 6.07) is 12.3. The van der Waals surface area contributed by atoms with Gasteiger partial charge in [-0.25, -0.2) is 13.9 Å². The number of fused-ring (bicyclic) bond motifs is 1. The molecule has 2 aromatic carbocycles. The van der Waals surface area contributed by atoms with E-state index >= 15 is 0 Å². The molecule has 0 aliphatic heterocycles. The first-order valence-electron chi connectivity index (χ1n) is 13.1. The minimum absolute atomic E-state index is 0.0515. The summed E-state index contributed by atoms with van der Waals surface area (Å²) in [6.07, 6.45) is 1.52. The highest BCUT2D eigenvalue weighted by atomic mass is 19.1. The predicted octanol–water partition coefficient (Wildman–Crippen LogP) is 5.28. The summed E-state index contributed by atoms with van der Waals surface area (Å²) in [7, 11) is 4.63. The lowest BCUT2D eigenvalue weighted by Gasteiger charge is -2.22. The number of aromatic nitrogens is 3. The molecule has 2 heterocycles. The zero-order valence-corrected chi connectivity index (χ0v) is 23.4. The molecule has 39 heavy (non-hydrogen) atoms. The molecule has 9 heteroatoms. The van der Waals surface area contributed by atoms with Crippen LogP contribution in [0.2, 0.25) is 0 Å². The van der Waals surface area contributed by atoms with Crippen LogP contribution in [0.25, 0.3) is 16.9 Å². The maximum atomic E-state index is 14.7. The third-order valence-electron chi connectivity index (χ3n) is 6.87. The molecule has 0 fully saturated rings. The van der Waals surface area contributed by atoms with E-state index in [1.807, 2.05) is 45.0 Å². The van der Waals surface area contributed by atoms with Crippen LogP contribution in [-0.2, 0) is 30.6 Å². The Hall–Kier alpha value is -4.14. The second-order valence-electron chi connectivity index (χ2n) is 9.12. The molecule has 2 aromatic heterocycles. The molecule has 0 aliphatic carbocycles. The highest BCUT2D eigenvalue weighted by molar-refractivity contribution is 5.85. The molecule has 4 rings (SSSR count). The van der Waals surface area contributed by atoms with Crippen molar-refractivity contribution in [1.82, 2.24) is 19.5 Å². The molecule has 0 aliphatic rings. The minimum Gasteiger partial charge on any atom is -0.497 e. The lowest BCUT2D eigenvalue weighted by Crippen LogP contribution is -2.32. The monoisotopic (exact) mass is 534 g/mol. The lowest BCUT2D eigenvalue weighted by molar-refractivity contribution is -0.130. The molecule has 8 nitrogen and oxygen atoms in total. The average molecular weight is 535 g/mol. The topological polar surface area (TPSA) is 78.2 Å². The Morgan fingerprint density at radius 3 is 2.31 bits per heavy atom. The molecule has 0 spiro atoms. The molecule has 0 radical (unpaired) electrons. The lowest BCUT2D eigenvalue weighted by atomic mass is 10.0. The van der Waals surface area contributed by atoms with Crippen molar-refractivity contribution in [3.05, 3.63) is 70.8 Å². The fraction of sp³-hybridized carbons (Fsp3) is 0.367. The number of aryl methyl sites for hydroxylation is 2. The number of hydrogen-bond donors (Lipinski definition) is 0. The van der Waals surface area contributed by atoms with Crippen LogP contribution in [-0.4, -0.2) is 53.3 Å². The van der Waals surface area contributed by atoms with Crippen LogP contribution in [0.5, 0.6) is 17.2 Å². The van der Waals surface area contributed by atoms with Crippen molar-refractivity contribution < 1.29 is 23.4 Å². The summed E-state index contributed by atoms with van der Waals surface area (Å²) in [5.74, 6) is 0.903. The van der Waals surface area contributed by atoms with Gasteiger partial charge in [0, 0.05) is 41.2 Å². The van der Waals surface area contributed by atoms with Crippen molar-refractivity contribution in [2.24, 2.45) is 0 Å². The molecule has 0 saturated heterocycles. The van der Waals surface area contributed by atoms with Gasteiger partial charge < -0.3 is 19.1 Å². The van der Waals surface area contributed by atoms with Crippen LogP contribution in [0.15, 0.2) is 42.5 Å². The van der Waals surface area contributed by atoms with Gasteiger partial charge in [-0.1, -0.05) is 13.8 Å². The van der Waals surface area contributed by atoms with Crippen molar-refractivity contribution in [3.8, 4) is 28.5 Å². The van der Waals surface area contributed by atoms with Gasteiger partial charge in [-0.3, -0.25) is 4.79 Å². The van der Waals surface area contributed by atoms with Gasteiger partial charge >= 0.3 is 0 Å². The molecule has 4 aromatic rings. The van der Waals surface area contributed by atoms with Gasteiger partial charge in [0.15, 0.2) is 17.2 Å². The first-order chi connectivity index (χ1) is 18.9. The Balaban J connectivity index is 1.79. The Bertz CT molecular complexity index is 1480. The fourth-order valence-electron chi connectivity index (χ4n) is 4.67. The van der Waals surface area contributed by atoms with Gasteiger partial charge in [-0.2, -0.15) is 5.10 Å². The highest BCUT2D eigenvalue weighted by Crippen LogP contribution is 2.31. The number of ether oxygens (including phenoxy) is 3. The second kappa shape index (κ2) is 12.1. The van der Waals surface area contributed by atoms with Crippen LogP contribution in [0, 0.1) is 5.82 Å². The van der Waals surface area contributed by atoms with Crippen LogP contribution in [0.4, 0.5) is 4.39 Å². The number of methoxy groups -OCH3 is 3. The van der Waals surface area contributed by atoms with E-state index in [9.17, 15) is 9.18 Å². The zero-order valence-electron chi connectivity index (χ0n) is 23.4. The third-order valence-corrected chi connectivity index (χ3v) is 6.87. The Morgan fingerprint density at radius 1 is 0.949 bits per heavy atom. The third kappa shape index (κ3) is 5.67. The quantitative estimate of drug-likeness (QED) is 0.261. The summed E-state index contributed by atoms with van der Waals surface area (Å²) in [5.41, 5.74) is 5.07. The first kappa shape index (κ1) is 27.9. The molecule has 206 valence electrons. The van der Waals surface area contributed by atoms with Gasteiger partial charge in [0.25, 0.3) is 0 Å². The van der Waals surface area contributed by atoms with Crippen molar-refractivity contribution in [2.75, 3.05) is 27.9 Å². The van der Waals surface area contributed by atoms with E-state index in [1.165, 1.54) is 13.2 Å². The molecule has 1 amide bonds. The van der Waals surface area contributed by atoms with Crippen LogP contribution in [0.1, 0.15) is 43.3 Å². The second-order valence-corrected chi connectivity index (χ2v) is 9.12. The van der Waals surface area contributed by atoms with E-state index in [1.54, 1.807) is 35.8 Å². The molecular formula is C30H35FN4O4. The number of halogens is 1.